The predicted molar refractivity (Wildman–Crippen MR) is 445 cm³/mol. The third-order valence-electron chi connectivity index (χ3n) is 22.9. The number of nitrogens with zero attached hydrogens (tertiary/aromatic N) is 1. The number of aryl methyl sites for hydroxylation is 2. The number of anilines is 3. The van der Waals surface area contributed by atoms with Gasteiger partial charge in [-0.1, -0.05) is 334 Å². The molecular weight excluding hydrogens is 1250 g/mol. The standard InChI is InChI=1S/C100H115NO2/c1-9-15-19-23-27-34-64-99(65-35-28-24-20-16-10-2)93-68-74(7)40-60-88(93)89-61-49-80(70-94(89)99)78-45-52-84(53-46-78)101(83-38-32-31-33-39-83)85-54-47-79(48-55-85)81-50-62-90-91-63-51-82(72-96(91)100(95(90)71-81,66-36-29-25-21-17-11-3)67-37-30-26-22-18-12-4)92-73-97(102-86-56-41-76(13-5)42-57-86)75(8)69-98(92)103-87-58-43-77(14-6)44-59-87/h13-14,31-33,38-63,68-73H,5-6,9-12,15-30,34-37,64-67H2,1-4,7-8H3. The van der Waals surface area contributed by atoms with E-state index < -0.39 is 0 Å². The van der Waals surface area contributed by atoms with Gasteiger partial charge in [-0.05, 0) is 220 Å². The molecular formula is C100H115NO2. The first kappa shape index (κ1) is 73.8. The zero-order valence-electron chi connectivity index (χ0n) is 63.3. The molecule has 0 fully saturated rings. The number of hydrogen-bond acceptors (Lipinski definition) is 3. The van der Waals surface area contributed by atoms with E-state index in [4.69, 9.17) is 9.47 Å². The van der Waals surface area contributed by atoms with E-state index in [1.807, 2.05) is 36.4 Å². The minimum atomic E-state index is -0.185. The van der Waals surface area contributed by atoms with Crippen LogP contribution in [0.1, 0.15) is 252 Å². The van der Waals surface area contributed by atoms with E-state index in [0.29, 0.717) is 0 Å². The summed E-state index contributed by atoms with van der Waals surface area (Å²) < 4.78 is 13.7. The molecule has 0 saturated heterocycles. The van der Waals surface area contributed by atoms with E-state index in [1.54, 1.807) is 11.1 Å². The summed E-state index contributed by atoms with van der Waals surface area (Å²) in [5.74, 6) is 3.17. The Kier molecular flexibility index (Phi) is 25.8. The third kappa shape index (κ3) is 17.3. The SMILES string of the molecule is C=Cc1ccc(Oc2cc(-c3ccc4c(c3)C(CCCCCCCC)(CCCCCCCC)c3cc(-c5ccc(N(c6ccccc6)c6ccc(-c7ccc8c(c7)C(CCCCCCCC)(CCCCCCCC)c7cc(C)ccc7-8)cc6)cc5)ccc3-4)c(Oc3ccc(C=C)cc3)cc2C)cc1. The van der Waals surface area contributed by atoms with Crippen LogP contribution in [0.5, 0.6) is 23.0 Å². The fourth-order valence-corrected chi connectivity index (χ4v) is 17.1. The van der Waals surface area contributed by atoms with Crippen molar-refractivity contribution in [3.63, 3.8) is 0 Å². The van der Waals surface area contributed by atoms with E-state index in [9.17, 15) is 0 Å². The van der Waals surface area contributed by atoms with Crippen molar-refractivity contribution in [2.75, 3.05) is 4.90 Å². The van der Waals surface area contributed by atoms with Crippen molar-refractivity contribution in [1.29, 1.82) is 0 Å². The number of para-hydroxylation sites is 1. The van der Waals surface area contributed by atoms with Crippen LogP contribution in [0.3, 0.4) is 0 Å². The van der Waals surface area contributed by atoms with Crippen LogP contribution in [0.15, 0.2) is 225 Å². The molecule has 2 aliphatic carbocycles. The molecule has 0 radical (unpaired) electrons. The van der Waals surface area contributed by atoms with Crippen molar-refractivity contribution in [2.24, 2.45) is 0 Å². The van der Waals surface area contributed by atoms with Crippen LogP contribution in [0.25, 0.3) is 67.8 Å². The normalized spacial score (nSPS) is 12.9. The average Bonchev–Trinajstić information content (AvgIpc) is 1.57. The van der Waals surface area contributed by atoms with Gasteiger partial charge in [-0.3, -0.25) is 0 Å². The zero-order valence-corrected chi connectivity index (χ0v) is 63.3. The van der Waals surface area contributed by atoms with Gasteiger partial charge in [0.25, 0.3) is 0 Å². The average molecular weight is 1360 g/mol. The van der Waals surface area contributed by atoms with Gasteiger partial charge in [-0.25, -0.2) is 0 Å². The van der Waals surface area contributed by atoms with Crippen molar-refractivity contribution in [1.82, 2.24) is 0 Å². The first-order valence-corrected chi connectivity index (χ1v) is 40.2. The molecule has 532 valence electrons. The number of rotatable bonds is 40. The highest BCUT2D eigenvalue weighted by Crippen LogP contribution is 2.58. The molecule has 0 saturated carbocycles. The number of hydrogen-bond donors (Lipinski definition) is 0. The summed E-state index contributed by atoms with van der Waals surface area (Å²) in [5, 5.41) is 0. The molecule has 2 aliphatic rings. The molecule has 0 bridgehead atoms. The van der Waals surface area contributed by atoms with Crippen molar-refractivity contribution >= 4 is 29.2 Å². The van der Waals surface area contributed by atoms with Crippen LogP contribution < -0.4 is 14.4 Å². The van der Waals surface area contributed by atoms with Crippen LogP contribution in [-0.2, 0) is 10.8 Å². The lowest BCUT2D eigenvalue weighted by molar-refractivity contribution is 0.398. The minimum absolute atomic E-state index is 0.0309. The summed E-state index contributed by atoms with van der Waals surface area (Å²) in [6, 6.07) is 80.2. The van der Waals surface area contributed by atoms with Crippen LogP contribution in [0, 0.1) is 13.8 Å². The molecule has 10 aromatic carbocycles. The quantitative estimate of drug-likeness (QED) is 0.0357. The Bertz CT molecular complexity index is 4350. The fourth-order valence-electron chi connectivity index (χ4n) is 17.1. The minimum Gasteiger partial charge on any atom is -0.457 e. The maximum Gasteiger partial charge on any atom is 0.135 e. The fraction of sp³-hybridized carbons (Fsp3) is 0.360. The molecule has 10 aromatic rings. The van der Waals surface area contributed by atoms with Gasteiger partial charge in [-0.15, -0.1) is 0 Å². The smallest absolute Gasteiger partial charge is 0.135 e. The summed E-state index contributed by atoms with van der Waals surface area (Å²) in [6.45, 7) is 21.7. The van der Waals surface area contributed by atoms with E-state index in [1.165, 1.54) is 228 Å². The monoisotopic (exact) mass is 1360 g/mol. The second-order valence-electron chi connectivity index (χ2n) is 30.2. The van der Waals surface area contributed by atoms with Crippen LogP contribution in [0.2, 0.25) is 0 Å². The molecule has 0 heterocycles. The Hall–Kier alpha value is -8.92. The number of fused-ring (bicyclic) bond motifs is 6. The molecule has 0 aromatic heterocycles. The Morgan fingerprint density at radius 1 is 0.301 bits per heavy atom. The molecule has 0 aliphatic heterocycles. The van der Waals surface area contributed by atoms with Crippen LogP contribution >= 0.6 is 0 Å². The zero-order chi connectivity index (χ0) is 71.4. The number of unbranched alkanes of at least 4 members (excludes halogenated alkanes) is 20. The Labute approximate surface area is 620 Å². The largest absolute Gasteiger partial charge is 0.457 e. The van der Waals surface area contributed by atoms with E-state index >= 15 is 0 Å². The van der Waals surface area contributed by atoms with Crippen LogP contribution in [0.4, 0.5) is 17.1 Å². The molecule has 0 unspecified atom stereocenters. The van der Waals surface area contributed by atoms with Crippen molar-refractivity contribution < 1.29 is 9.47 Å². The lowest BCUT2D eigenvalue weighted by Gasteiger charge is -2.33. The summed E-state index contributed by atoms with van der Waals surface area (Å²) in [4.78, 5) is 2.43. The van der Waals surface area contributed by atoms with Crippen molar-refractivity contribution in [2.45, 2.75) is 232 Å². The van der Waals surface area contributed by atoms with Crippen molar-refractivity contribution in [3.8, 4) is 78.6 Å². The Balaban J connectivity index is 0.888. The lowest BCUT2D eigenvalue weighted by atomic mass is 9.70. The highest BCUT2D eigenvalue weighted by Gasteiger charge is 2.44. The predicted octanol–water partition coefficient (Wildman–Crippen LogP) is 31.2. The molecule has 0 atom stereocenters. The van der Waals surface area contributed by atoms with E-state index in [0.717, 1.165) is 80.7 Å². The molecule has 0 amide bonds. The molecule has 103 heavy (non-hydrogen) atoms. The number of benzene rings is 10. The van der Waals surface area contributed by atoms with Crippen LogP contribution in [-0.4, -0.2) is 0 Å². The highest BCUT2D eigenvalue weighted by atomic mass is 16.5. The van der Waals surface area contributed by atoms with Gasteiger partial charge in [0.05, 0.1) is 0 Å². The third-order valence-corrected chi connectivity index (χ3v) is 22.9. The maximum atomic E-state index is 6.96. The van der Waals surface area contributed by atoms with Gasteiger partial charge in [0.2, 0.25) is 0 Å². The van der Waals surface area contributed by atoms with Gasteiger partial charge in [0, 0.05) is 33.5 Å². The first-order chi connectivity index (χ1) is 50.6. The summed E-state index contributed by atoms with van der Waals surface area (Å²) in [5.41, 5.74) is 26.6. The molecule has 3 nitrogen and oxygen atoms in total. The summed E-state index contributed by atoms with van der Waals surface area (Å²) >= 11 is 0. The Morgan fingerprint density at radius 2 is 0.641 bits per heavy atom. The summed E-state index contributed by atoms with van der Waals surface area (Å²) in [6.07, 6.45) is 39.3. The Morgan fingerprint density at radius 3 is 1.05 bits per heavy atom. The second-order valence-corrected chi connectivity index (χ2v) is 30.2. The van der Waals surface area contributed by atoms with Gasteiger partial charge in [0.15, 0.2) is 0 Å². The number of ether oxygens (including phenoxy) is 2. The second kappa shape index (κ2) is 36.0. The lowest BCUT2D eigenvalue weighted by Crippen LogP contribution is -2.25. The van der Waals surface area contributed by atoms with Gasteiger partial charge in [-0.2, -0.15) is 0 Å². The molecule has 12 rings (SSSR count). The van der Waals surface area contributed by atoms with Gasteiger partial charge >= 0.3 is 0 Å². The molecule has 3 heteroatoms. The van der Waals surface area contributed by atoms with E-state index in [-0.39, 0.29) is 10.8 Å². The summed E-state index contributed by atoms with van der Waals surface area (Å²) in [7, 11) is 0. The topological polar surface area (TPSA) is 21.7 Å². The first-order valence-electron chi connectivity index (χ1n) is 40.2. The molecule has 0 N–H and O–H groups in total. The van der Waals surface area contributed by atoms with Crippen molar-refractivity contribution in [3.05, 3.63) is 270 Å². The molecule has 0 spiro atoms. The van der Waals surface area contributed by atoms with Gasteiger partial charge < -0.3 is 14.4 Å². The van der Waals surface area contributed by atoms with E-state index in [2.05, 4.69) is 248 Å². The maximum absolute atomic E-state index is 6.96. The van der Waals surface area contributed by atoms with Gasteiger partial charge in [0.1, 0.15) is 23.0 Å². The highest BCUT2D eigenvalue weighted by molar-refractivity contribution is 5.89.